The fourth-order valence-corrected chi connectivity index (χ4v) is 2.15. The van der Waals surface area contributed by atoms with Crippen molar-refractivity contribution < 1.29 is 0 Å². The second kappa shape index (κ2) is 10.8. The van der Waals surface area contributed by atoms with Gasteiger partial charge in [-0.15, -0.1) is 0 Å². The molecule has 0 spiro atoms. The highest BCUT2D eigenvalue weighted by atomic mass is 32.2. The van der Waals surface area contributed by atoms with Gasteiger partial charge < -0.3 is 10.2 Å². The van der Waals surface area contributed by atoms with Crippen molar-refractivity contribution in [1.82, 2.24) is 10.2 Å². The van der Waals surface area contributed by atoms with E-state index in [1.54, 1.807) is 0 Å². The lowest BCUT2D eigenvalue weighted by molar-refractivity contribution is 0.247. The standard InChI is InChI=1S/C12H28N2S/c1-12(8-11-15-4)14(3)10-7-5-6-9-13-2/h12-13H,5-11H2,1-4H3. The summed E-state index contributed by atoms with van der Waals surface area (Å²) in [7, 11) is 4.28. The average Bonchev–Trinajstić information content (AvgIpc) is 2.25. The van der Waals surface area contributed by atoms with Gasteiger partial charge in [-0.3, -0.25) is 0 Å². The monoisotopic (exact) mass is 232 g/mol. The fraction of sp³-hybridized carbons (Fsp3) is 1.00. The lowest BCUT2D eigenvalue weighted by Crippen LogP contribution is -2.30. The van der Waals surface area contributed by atoms with E-state index in [-0.39, 0.29) is 0 Å². The van der Waals surface area contributed by atoms with Gasteiger partial charge in [0.15, 0.2) is 0 Å². The molecule has 0 rings (SSSR count). The van der Waals surface area contributed by atoms with E-state index >= 15 is 0 Å². The topological polar surface area (TPSA) is 15.3 Å². The second-order valence-corrected chi connectivity index (χ2v) is 5.26. The molecule has 0 aliphatic rings. The molecule has 0 aliphatic heterocycles. The van der Waals surface area contributed by atoms with Crippen LogP contribution in [0.25, 0.3) is 0 Å². The molecule has 0 bridgehead atoms. The lowest BCUT2D eigenvalue weighted by atomic mass is 10.2. The first-order valence-electron chi connectivity index (χ1n) is 6.06. The molecule has 2 nitrogen and oxygen atoms in total. The molecule has 3 heteroatoms. The molecule has 1 N–H and O–H groups in total. The van der Waals surface area contributed by atoms with E-state index in [2.05, 4.69) is 30.4 Å². The largest absolute Gasteiger partial charge is 0.320 e. The average molecular weight is 232 g/mol. The summed E-state index contributed by atoms with van der Waals surface area (Å²) in [6, 6.07) is 0.738. The molecule has 0 heterocycles. The summed E-state index contributed by atoms with van der Waals surface area (Å²) in [5, 5.41) is 3.19. The fourth-order valence-electron chi connectivity index (χ4n) is 1.57. The van der Waals surface area contributed by atoms with Gasteiger partial charge in [-0.2, -0.15) is 11.8 Å². The van der Waals surface area contributed by atoms with Crippen molar-refractivity contribution in [3.63, 3.8) is 0 Å². The van der Waals surface area contributed by atoms with Gasteiger partial charge in [-0.1, -0.05) is 6.42 Å². The molecule has 0 saturated carbocycles. The summed E-state index contributed by atoms with van der Waals surface area (Å²) in [6.45, 7) is 4.74. The second-order valence-electron chi connectivity index (χ2n) is 4.28. The highest BCUT2D eigenvalue weighted by Gasteiger charge is 2.07. The third-order valence-electron chi connectivity index (χ3n) is 2.93. The Hall–Kier alpha value is 0.270. The predicted molar refractivity (Wildman–Crippen MR) is 72.9 cm³/mol. The van der Waals surface area contributed by atoms with E-state index in [9.17, 15) is 0 Å². The van der Waals surface area contributed by atoms with Gasteiger partial charge in [-0.25, -0.2) is 0 Å². The summed E-state index contributed by atoms with van der Waals surface area (Å²) in [4.78, 5) is 2.50. The summed E-state index contributed by atoms with van der Waals surface area (Å²) in [6.07, 6.45) is 7.49. The van der Waals surface area contributed by atoms with Crippen molar-refractivity contribution in [3.8, 4) is 0 Å². The van der Waals surface area contributed by atoms with Crippen LogP contribution in [0.15, 0.2) is 0 Å². The van der Waals surface area contributed by atoms with Crippen LogP contribution in [-0.2, 0) is 0 Å². The minimum absolute atomic E-state index is 0.738. The highest BCUT2D eigenvalue weighted by molar-refractivity contribution is 7.98. The quantitative estimate of drug-likeness (QED) is 0.583. The zero-order chi connectivity index (χ0) is 11.5. The van der Waals surface area contributed by atoms with Gasteiger partial charge >= 0.3 is 0 Å². The van der Waals surface area contributed by atoms with Crippen LogP contribution in [0.5, 0.6) is 0 Å². The number of nitrogens with one attached hydrogen (secondary N) is 1. The lowest BCUT2D eigenvalue weighted by Gasteiger charge is -2.24. The molecular weight excluding hydrogens is 204 g/mol. The van der Waals surface area contributed by atoms with Crippen molar-refractivity contribution in [2.24, 2.45) is 0 Å². The van der Waals surface area contributed by atoms with Crippen LogP contribution in [0.2, 0.25) is 0 Å². The molecule has 0 aromatic carbocycles. The van der Waals surface area contributed by atoms with E-state index < -0.39 is 0 Å². The molecule has 0 radical (unpaired) electrons. The molecule has 0 amide bonds. The van der Waals surface area contributed by atoms with Gasteiger partial charge in [-0.05, 0) is 65.4 Å². The van der Waals surface area contributed by atoms with Gasteiger partial charge in [0.05, 0.1) is 0 Å². The third kappa shape index (κ3) is 9.21. The molecule has 92 valence electrons. The Balaban J connectivity index is 3.34. The first-order valence-corrected chi connectivity index (χ1v) is 7.45. The summed E-state index contributed by atoms with van der Waals surface area (Å²) >= 11 is 1.95. The maximum absolute atomic E-state index is 3.19. The maximum atomic E-state index is 3.19. The highest BCUT2D eigenvalue weighted by Crippen LogP contribution is 2.07. The molecule has 1 unspecified atom stereocenters. The Morgan fingerprint density at radius 3 is 2.60 bits per heavy atom. The zero-order valence-corrected chi connectivity index (χ0v) is 11.7. The van der Waals surface area contributed by atoms with Crippen LogP contribution in [0.1, 0.15) is 32.6 Å². The van der Waals surface area contributed by atoms with E-state index in [1.165, 1.54) is 38.0 Å². The molecule has 1 atom stereocenters. The minimum Gasteiger partial charge on any atom is -0.320 e. The number of hydrogen-bond acceptors (Lipinski definition) is 3. The van der Waals surface area contributed by atoms with Crippen LogP contribution < -0.4 is 5.32 Å². The molecule has 0 aromatic heterocycles. The van der Waals surface area contributed by atoms with E-state index in [0.717, 1.165) is 12.6 Å². The minimum atomic E-state index is 0.738. The van der Waals surface area contributed by atoms with Gasteiger partial charge in [0, 0.05) is 6.04 Å². The number of hydrogen-bond donors (Lipinski definition) is 1. The summed E-state index contributed by atoms with van der Waals surface area (Å²) in [5.74, 6) is 1.28. The first-order chi connectivity index (χ1) is 7.22. The van der Waals surface area contributed by atoms with Crippen LogP contribution >= 0.6 is 11.8 Å². The van der Waals surface area contributed by atoms with Gasteiger partial charge in [0.25, 0.3) is 0 Å². The number of rotatable bonds is 10. The van der Waals surface area contributed by atoms with Crippen molar-refractivity contribution in [3.05, 3.63) is 0 Å². The van der Waals surface area contributed by atoms with Crippen molar-refractivity contribution in [2.45, 2.75) is 38.6 Å². The Labute approximate surface area is 100 Å². The van der Waals surface area contributed by atoms with E-state index in [1.807, 2.05) is 18.8 Å². The SMILES string of the molecule is CNCCCCCN(C)C(C)CCSC. The summed E-state index contributed by atoms with van der Waals surface area (Å²) < 4.78 is 0. The predicted octanol–water partition coefficient (Wildman–Crippen LogP) is 2.45. The normalized spacial score (nSPS) is 13.4. The van der Waals surface area contributed by atoms with E-state index in [4.69, 9.17) is 0 Å². The summed E-state index contributed by atoms with van der Waals surface area (Å²) in [5.41, 5.74) is 0. The Morgan fingerprint density at radius 2 is 2.00 bits per heavy atom. The Bertz CT molecular complexity index is 131. The van der Waals surface area contributed by atoms with Gasteiger partial charge in [0.1, 0.15) is 0 Å². The van der Waals surface area contributed by atoms with Crippen LogP contribution in [0.3, 0.4) is 0 Å². The van der Waals surface area contributed by atoms with Gasteiger partial charge in [0.2, 0.25) is 0 Å². The van der Waals surface area contributed by atoms with Crippen LogP contribution in [0.4, 0.5) is 0 Å². The third-order valence-corrected chi connectivity index (χ3v) is 3.57. The molecule has 15 heavy (non-hydrogen) atoms. The zero-order valence-electron chi connectivity index (χ0n) is 10.9. The molecule has 0 fully saturated rings. The number of thioether (sulfide) groups is 1. The Morgan fingerprint density at radius 1 is 1.27 bits per heavy atom. The number of unbranched alkanes of at least 4 members (excludes halogenated alkanes) is 2. The van der Waals surface area contributed by atoms with E-state index in [0.29, 0.717) is 0 Å². The molecule has 0 saturated heterocycles. The van der Waals surface area contributed by atoms with Crippen LogP contribution in [-0.4, -0.2) is 50.1 Å². The maximum Gasteiger partial charge on any atom is 0.00717 e. The smallest absolute Gasteiger partial charge is 0.00717 e. The molecular formula is C12H28N2S. The van der Waals surface area contributed by atoms with Crippen molar-refractivity contribution in [2.75, 3.05) is 39.2 Å². The van der Waals surface area contributed by atoms with Crippen LogP contribution in [0, 0.1) is 0 Å². The van der Waals surface area contributed by atoms with Crippen molar-refractivity contribution in [1.29, 1.82) is 0 Å². The molecule has 0 aliphatic carbocycles. The molecule has 0 aromatic rings. The first kappa shape index (κ1) is 15.3. The Kier molecular flexibility index (Phi) is 11.0. The van der Waals surface area contributed by atoms with Crippen molar-refractivity contribution >= 4 is 11.8 Å². The number of nitrogens with zero attached hydrogens (tertiary/aromatic N) is 1.